The monoisotopic (exact) mass is 512 g/mol. The quantitative estimate of drug-likeness (QED) is 0.349. The van der Waals surface area contributed by atoms with Gasteiger partial charge in [-0.25, -0.2) is 0 Å². The Hall–Kier alpha value is -2.28. The van der Waals surface area contributed by atoms with Crippen LogP contribution in [0.15, 0.2) is 0 Å². The van der Waals surface area contributed by atoms with Crippen LogP contribution in [0.1, 0.15) is 51.4 Å². The molecule has 12 nitrogen and oxygen atoms in total. The number of carbonyl (C=O) groups is 4. The van der Waals surface area contributed by atoms with E-state index in [4.69, 9.17) is 0 Å². The molecule has 0 aromatic carbocycles. The molecule has 0 spiro atoms. The van der Waals surface area contributed by atoms with Crippen molar-refractivity contribution in [3.63, 3.8) is 0 Å². The van der Waals surface area contributed by atoms with Crippen molar-refractivity contribution < 1.29 is 39.6 Å². The number of carboxylic acid groups (broad SMARTS) is 4. The summed E-state index contributed by atoms with van der Waals surface area (Å²) in [6.07, 6.45) is 6.57. The van der Waals surface area contributed by atoms with Crippen LogP contribution < -0.4 is 0 Å². The largest absolute Gasteiger partial charge is 0.480 e. The molecule has 3 rings (SSSR count). The van der Waals surface area contributed by atoms with Gasteiger partial charge in [0.15, 0.2) is 0 Å². The Morgan fingerprint density at radius 2 is 0.639 bits per heavy atom. The summed E-state index contributed by atoms with van der Waals surface area (Å²) in [4.78, 5) is 54.7. The van der Waals surface area contributed by atoms with Crippen LogP contribution in [-0.4, -0.2) is 140 Å². The molecule has 0 radical (unpaired) electrons. The third kappa shape index (κ3) is 7.86. The lowest BCUT2D eigenvalue weighted by molar-refractivity contribution is -0.145. The molecule has 1 heterocycles. The highest BCUT2D eigenvalue weighted by Gasteiger charge is 2.40. The van der Waals surface area contributed by atoms with Gasteiger partial charge in [0, 0.05) is 50.3 Å². The number of fused-ring (bicyclic) bond motifs is 2. The van der Waals surface area contributed by atoms with Crippen LogP contribution in [0.4, 0.5) is 0 Å². The zero-order valence-electron chi connectivity index (χ0n) is 20.8. The molecule has 4 unspecified atom stereocenters. The maximum Gasteiger partial charge on any atom is 0.317 e. The molecule has 1 aliphatic heterocycles. The molecule has 204 valence electrons. The lowest BCUT2D eigenvalue weighted by atomic mass is 9.86. The summed E-state index contributed by atoms with van der Waals surface area (Å²) in [6.45, 7) is 0.635. The number of hydrogen-bond donors (Lipinski definition) is 4. The van der Waals surface area contributed by atoms with Crippen LogP contribution in [0, 0.1) is 0 Å². The third-order valence-corrected chi connectivity index (χ3v) is 7.97. The summed E-state index contributed by atoms with van der Waals surface area (Å²) in [5.41, 5.74) is 0. The van der Waals surface area contributed by atoms with E-state index in [1.54, 1.807) is 0 Å². The molecule has 3 fully saturated rings. The van der Waals surface area contributed by atoms with Crippen LogP contribution >= 0.6 is 0 Å². The Morgan fingerprint density at radius 1 is 0.444 bits per heavy atom. The number of nitrogens with zero attached hydrogens (tertiary/aromatic N) is 4. The number of carboxylic acids is 4. The fourth-order valence-electron chi connectivity index (χ4n) is 6.54. The van der Waals surface area contributed by atoms with Gasteiger partial charge in [0.1, 0.15) is 0 Å². The molecule has 2 aliphatic carbocycles. The summed E-state index contributed by atoms with van der Waals surface area (Å²) < 4.78 is 0. The number of hydrogen-bond acceptors (Lipinski definition) is 8. The first-order valence-electron chi connectivity index (χ1n) is 13.0. The summed E-state index contributed by atoms with van der Waals surface area (Å²) in [7, 11) is 0. The summed E-state index contributed by atoms with van der Waals surface area (Å²) >= 11 is 0. The maximum absolute atomic E-state index is 11.8. The predicted molar refractivity (Wildman–Crippen MR) is 129 cm³/mol. The second-order valence-corrected chi connectivity index (χ2v) is 10.3. The Bertz CT molecular complexity index is 668. The van der Waals surface area contributed by atoms with Crippen molar-refractivity contribution in [1.29, 1.82) is 0 Å². The molecule has 36 heavy (non-hydrogen) atoms. The van der Waals surface area contributed by atoms with Crippen molar-refractivity contribution in [1.82, 2.24) is 19.6 Å². The van der Waals surface area contributed by atoms with Gasteiger partial charge in [0.2, 0.25) is 0 Å². The molecule has 4 N–H and O–H groups in total. The highest BCUT2D eigenvalue weighted by atomic mass is 16.4. The van der Waals surface area contributed by atoms with Gasteiger partial charge in [0.25, 0.3) is 0 Å². The van der Waals surface area contributed by atoms with Gasteiger partial charge in [-0.05, 0) is 25.7 Å². The van der Waals surface area contributed by atoms with E-state index in [1.807, 2.05) is 19.6 Å². The summed E-state index contributed by atoms with van der Waals surface area (Å²) in [5.74, 6) is -3.87. The normalized spacial score (nSPS) is 29.8. The summed E-state index contributed by atoms with van der Waals surface area (Å²) in [6, 6.07) is -0.684. The molecule has 0 aromatic heterocycles. The minimum absolute atomic E-state index is 0.171. The SMILES string of the molecule is O=C(O)CN1CCN(CC(=O)O)C2CCCCC2N(CC(=O)O)CCN(CC(=O)O)C2CCCCC21. The first kappa shape index (κ1) is 28.3. The average Bonchev–Trinajstić information content (AvgIpc) is 2.81. The van der Waals surface area contributed by atoms with E-state index in [0.29, 0.717) is 26.2 Å². The average molecular weight is 513 g/mol. The van der Waals surface area contributed by atoms with Gasteiger partial charge in [-0.3, -0.25) is 38.8 Å². The molecular formula is C24H40N4O8. The topological polar surface area (TPSA) is 162 Å². The second kappa shape index (κ2) is 13.3. The van der Waals surface area contributed by atoms with E-state index in [-0.39, 0.29) is 50.3 Å². The van der Waals surface area contributed by atoms with Gasteiger partial charge >= 0.3 is 23.9 Å². The highest BCUT2D eigenvalue weighted by Crippen LogP contribution is 2.31. The summed E-state index contributed by atoms with van der Waals surface area (Å²) in [5, 5.41) is 38.6. The van der Waals surface area contributed by atoms with Crippen molar-refractivity contribution in [3.05, 3.63) is 0 Å². The first-order valence-corrected chi connectivity index (χ1v) is 13.0. The number of rotatable bonds is 8. The van der Waals surface area contributed by atoms with Crippen LogP contribution in [0.25, 0.3) is 0 Å². The van der Waals surface area contributed by atoms with Crippen LogP contribution in [-0.2, 0) is 19.2 Å². The third-order valence-electron chi connectivity index (χ3n) is 7.97. The molecule has 4 atom stereocenters. The van der Waals surface area contributed by atoms with Crippen LogP contribution in [0.2, 0.25) is 0 Å². The molecule has 3 aliphatic rings. The fourth-order valence-corrected chi connectivity index (χ4v) is 6.54. The molecule has 0 aromatic rings. The smallest absolute Gasteiger partial charge is 0.317 e. The van der Waals surface area contributed by atoms with E-state index < -0.39 is 23.9 Å². The first-order chi connectivity index (χ1) is 17.2. The van der Waals surface area contributed by atoms with Gasteiger partial charge < -0.3 is 20.4 Å². The molecule has 1 saturated heterocycles. The maximum atomic E-state index is 11.8. The van der Waals surface area contributed by atoms with Crippen LogP contribution in [0.5, 0.6) is 0 Å². The fraction of sp³-hybridized carbons (Fsp3) is 0.833. The molecular weight excluding hydrogens is 472 g/mol. The van der Waals surface area contributed by atoms with Gasteiger partial charge in [0.05, 0.1) is 26.2 Å². The Labute approximate surface area is 211 Å². The van der Waals surface area contributed by atoms with E-state index in [2.05, 4.69) is 0 Å². The van der Waals surface area contributed by atoms with Crippen molar-refractivity contribution in [2.45, 2.75) is 75.5 Å². The molecule has 0 bridgehead atoms. The Kier molecular flexibility index (Phi) is 10.5. The van der Waals surface area contributed by atoms with Gasteiger partial charge in [-0.1, -0.05) is 25.7 Å². The molecule has 0 amide bonds. The lowest BCUT2D eigenvalue weighted by Crippen LogP contribution is -2.62. The van der Waals surface area contributed by atoms with Gasteiger partial charge in [-0.2, -0.15) is 0 Å². The van der Waals surface area contributed by atoms with E-state index in [0.717, 1.165) is 51.4 Å². The van der Waals surface area contributed by atoms with E-state index in [1.165, 1.54) is 0 Å². The Morgan fingerprint density at radius 3 is 0.806 bits per heavy atom. The highest BCUT2D eigenvalue weighted by molar-refractivity contribution is 5.70. The van der Waals surface area contributed by atoms with Crippen molar-refractivity contribution >= 4 is 23.9 Å². The van der Waals surface area contributed by atoms with Crippen molar-refractivity contribution in [2.24, 2.45) is 0 Å². The Balaban J connectivity index is 2.01. The molecule has 2 saturated carbocycles. The second-order valence-electron chi connectivity index (χ2n) is 10.3. The molecule has 12 heteroatoms. The van der Waals surface area contributed by atoms with Crippen molar-refractivity contribution in [2.75, 3.05) is 52.4 Å². The zero-order valence-corrected chi connectivity index (χ0v) is 20.8. The minimum atomic E-state index is -0.968. The standard InChI is InChI=1S/C24H40N4O8/c29-21(30)13-25-9-10-27(15-23(33)34)19-7-3-4-8-20(19)28(16-24(35)36)12-11-26(14-22(31)32)18-6-2-1-5-17(18)25/h17-20H,1-16H2,(H,29,30)(H,31,32)(H,33,34)(H,35,36). The van der Waals surface area contributed by atoms with E-state index in [9.17, 15) is 39.6 Å². The zero-order chi connectivity index (χ0) is 26.2. The number of aliphatic carboxylic acids is 4. The van der Waals surface area contributed by atoms with E-state index >= 15 is 0 Å². The lowest BCUT2D eigenvalue weighted by Gasteiger charge is -2.49. The van der Waals surface area contributed by atoms with Gasteiger partial charge in [-0.15, -0.1) is 0 Å². The van der Waals surface area contributed by atoms with Crippen molar-refractivity contribution in [3.8, 4) is 0 Å². The predicted octanol–water partition coefficient (Wildman–Crippen LogP) is 0.169. The minimum Gasteiger partial charge on any atom is -0.480 e. The van der Waals surface area contributed by atoms with Crippen LogP contribution in [0.3, 0.4) is 0 Å².